The van der Waals surface area contributed by atoms with Gasteiger partial charge in [0.05, 0.1) is 19.3 Å². The minimum absolute atomic E-state index is 0.00950. The van der Waals surface area contributed by atoms with Gasteiger partial charge < -0.3 is 9.47 Å². The Kier molecular flexibility index (Phi) is 3.76. The van der Waals surface area contributed by atoms with Crippen LogP contribution < -0.4 is 0 Å². The molecule has 0 amide bonds. The molecule has 3 heterocycles. The van der Waals surface area contributed by atoms with Crippen LogP contribution in [-0.4, -0.2) is 37.0 Å². The van der Waals surface area contributed by atoms with E-state index in [1.807, 2.05) is 11.3 Å². The highest BCUT2D eigenvalue weighted by Crippen LogP contribution is 2.26. The summed E-state index contributed by atoms with van der Waals surface area (Å²) in [6.07, 6.45) is 3.81. The van der Waals surface area contributed by atoms with E-state index in [0.29, 0.717) is 6.04 Å². The van der Waals surface area contributed by atoms with Gasteiger partial charge in [-0.25, -0.2) is 0 Å². The van der Waals surface area contributed by atoms with Gasteiger partial charge in [-0.15, -0.1) is 11.3 Å². The number of piperidine rings is 1. The number of ether oxygens (including phenoxy) is 2. The molecule has 0 spiro atoms. The maximum absolute atomic E-state index is 5.68. The fraction of sp³-hybridized carbons (Fsp3) is 0.692. The first-order valence-electron chi connectivity index (χ1n) is 6.43. The summed E-state index contributed by atoms with van der Waals surface area (Å²) in [6, 6.07) is 4.79. The summed E-state index contributed by atoms with van der Waals surface area (Å²) >= 11 is 1.84. The quantitative estimate of drug-likeness (QED) is 0.826. The zero-order chi connectivity index (χ0) is 11.5. The smallest absolute Gasteiger partial charge is 0.173 e. The molecule has 0 aliphatic carbocycles. The van der Waals surface area contributed by atoms with Crippen LogP contribution in [-0.2, 0) is 16.0 Å². The Morgan fingerprint density at radius 1 is 1.29 bits per heavy atom. The molecule has 0 saturated carbocycles. The lowest BCUT2D eigenvalue weighted by atomic mass is 10.0. The number of nitrogens with zero attached hydrogens (tertiary/aromatic N) is 1. The third-order valence-corrected chi connectivity index (χ3v) is 4.43. The van der Waals surface area contributed by atoms with Crippen LogP contribution in [0.4, 0.5) is 0 Å². The molecule has 94 valence electrons. The van der Waals surface area contributed by atoms with Crippen LogP contribution in [0.2, 0.25) is 0 Å². The van der Waals surface area contributed by atoms with Crippen molar-refractivity contribution in [1.29, 1.82) is 0 Å². The van der Waals surface area contributed by atoms with E-state index in [4.69, 9.17) is 9.47 Å². The summed E-state index contributed by atoms with van der Waals surface area (Å²) in [5.41, 5.74) is 0. The summed E-state index contributed by atoms with van der Waals surface area (Å²) in [4.78, 5) is 3.97. The molecule has 1 aromatic rings. The third-order valence-electron chi connectivity index (χ3n) is 3.56. The highest BCUT2D eigenvalue weighted by Gasteiger charge is 2.33. The maximum Gasteiger partial charge on any atom is 0.173 e. The van der Waals surface area contributed by atoms with Gasteiger partial charge in [-0.1, -0.05) is 12.5 Å². The average molecular weight is 253 g/mol. The van der Waals surface area contributed by atoms with Gasteiger partial charge >= 0.3 is 0 Å². The lowest BCUT2D eigenvalue weighted by Crippen LogP contribution is -2.46. The van der Waals surface area contributed by atoms with Crippen molar-refractivity contribution in [1.82, 2.24) is 4.90 Å². The minimum Gasteiger partial charge on any atom is -0.349 e. The number of rotatable bonds is 3. The van der Waals surface area contributed by atoms with Crippen LogP contribution in [0.15, 0.2) is 17.5 Å². The number of thiophene rings is 1. The largest absolute Gasteiger partial charge is 0.349 e. The van der Waals surface area contributed by atoms with Crippen LogP contribution >= 0.6 is 11.3 Å². The lowest BCUT2D eigenvalue weighted by Gasteiger charge is -2.37. The van der Waals surface area contributed by atoms with Crippen molar-refractivity contribution in [3.63, 3.8) is 0 Å². The molecule has 17 heavy (non-hydrogen) atoms. The van der Waals surface area contributed by atoms with Crippen LogP contribution in [0, 0.1) is 0 Å². The van der Waals surface area contributed by atoms with Crippen LogP contribution in [0.1, 0.15) is 24.1 Å². The Morgan fingerprint density at radius 2 is 2.18 bits per heavy atom. The minimum atomic E-state index is 0.00950. The van der Waals surface area contributed by atoms with Crippen molar-refractivity contribution in [2.45, 2.75) is 38.1 Å². The van der Waals surface area contributed by atoms with Gasteiger partial charge in [0, 0.05) is 11.4 Å². The van der Waals surface area contributed by atoms with Gasteiger partial charge in [0.15, 0.2) is 6.29 Å². The van der Waals surface area contributed by atoms with E-state index in [1.165, 1.54) is 30.7 Å². The van der Waals surface area contributed by atoms with Gasteiger partial charge in [0.2, 0.25) is 0 Å². The van der Waals surface area contributed by atoms with Crippen molar-refractivity contribution < 1.29 is 9.47 Å². The highest BCUT2D eigenvalue weighted by molar-refractivity contribution is 7.09. The van der Waals surface area contributed by atoms with Crippen LogP contribution in [0.5, 0.6) is 0 Å². The Bertz CT molecular complexity index is 335. The number of likely N-dealkylation sites (tertiary alicyclic amines) is 1. The standard InChI is InChI=1S/C13H19NO2S/c1-2-6-14(10-11-4-3-9-17-11)12(5-1)13-15-7-8-16-13/h3-4,9,12-13H,1-2,5-8,10H2/t12-/m0/s1. The monoisotopic (exact) mass is 253 g/mol. The van der Waals surface area contributed by atoms with Gasteiger partial charge in [-0.05, 0) is 30.8 Å². The molecule has 3 rings (SSSR count). The first-order chi connectivity index (χ1) is 8.43. The number of hydrogen-bond acceptors (Lipinski definition) is 4. The fourth-order valence-corrected chi connectivity index (χ4v) is 3.45. The molecule has 0 bridgehead atoms. The molecular weight excluding hydrogens is 234 g/mol. The second-order valence-electron chi connectivity index (χ2n) is 4.72. The maximum atomic E-state index is 5.68. The Morgan fingerprint density at radius 3 is 2.94 bits per heavy atom. The fourth-order valence-electron chi connectivity index (χ4n) is 2.72. The van der Waals surface area contributed by atoms with Gasteiger partial charge in [-0.2, -0.15) is 0 Å². The first kappa shape index (κ1) is 11.7. The van der Waals surface area contributed by atoms with E-state index in [9.17, 15) is 0 Å². The summed E-state index contributed by atoms with van der Waals surface area (Å²) in [6.45, 7) is 3.74. The molecular formula is C13H19NO2S. The van der Waals surface area contributed by atoms with E-state index in [-0.39, 0.29) is 6.29 Å². The molecule has 0 N–H and O–H groups in total. The molecule has 3 nitrogen and oxygen atoms in total. The topological polar surface area (TPSA) is 21.7 Å². The van der Waals surface area contributed by atoms with E-state index in [1.54, 1.807) is 0 Å². The van der Waals surface area contributed by atoms with Crippen molar-refractivity contribution >= 4 is 11.3 Å². The van der Waals surface area contributed by atoms with Crippen molar-refractivity contribution in [2.24, 2.45) is 0 Å². The second-order valence-corrected chi connectivity index (χ2v) is 5.76. The third kappa shape index (κ3) is 2.71. The van der Waals surface area contributed by atoms with Gasteiger partial charge in [0.25, 0.3) is 0 Å². The SMILES string of the molecule is c1csc(CN2CCCC[C@H]2C2OCCO2)c1. The molecule has 0 aromatic carbocycles. The first-order valence-corrected chi connectivity index (χ1v) is 7.31. The van der Waals surface area contributed by atoms with Crippen molar-refractivity contribution in [3.05, 3.63) is 22.4 Å². The van der Waals surface area contributed by atoms with Crippen molar-refractivity contribution in [2.75, 3.05) is 19.8 Å². The summed E-state index contributed by atoms with van der Waals surface area (Å²) in [5, 5.41) is 2.15. The predicted molar refractivity (Wildman–Crippen MR) is 68.1 cm³/mol. The van der Waals surface area contributed by atoms with Gasteiger partial charge in [0.1, 0.15) is 0 Å². The van der Waals surface area contributed by atoms with E-state index in [2.05, 4.69) is 22.4 Å². The molecule has 2 aliphatic rings. The molecule has 4 heteroatoms. The normalized spacial score (nSPS) is 27.6. The Labute approximate surface area is 106 Å². The molecule has 2 aliphatic heterocycles. The molecule has 1 aromatic heterocycles. The van der Waals surface area contributed by atoms with E-state index >= 15 is 0 Å². The van der Waals surface area contributed by atoms with Crippen LogP contribution in [0.25, 0.3) is 0 Å². The molecule has 2 fully saturated rings. The summed E-state index contributed by atoms with van der Waals surface area (Å²) < 4.78 is 11.4. The Hall–Kier alpha value is -0.420. The van der Waals surface area contributed by atoms with Crippen LogP contribution in [0.3, 0.4) is 0 Å². The zero-order valence-corrected chi connectivity index (χ0v) is 10.8. The van der Waals surface area contributed by atoms with E-state index in [0.717, 1.165) is 19.8 Å². The molecule has 2 saturated heterocycles. The predicted octanol–water partition coefficient (Wildman–Crippen LogP) is 2.48. The Balaban J connectivity index is 1.66. The van der Waals surface area contributed by atoms with Gasteiger partial charge in [-0.3, -0.25) is 4.90 Å². The summed E-state index contributed by atoms with van der Waals surface area (Å²) in [5.74, 6) is 0. The van der Waals surface area contributed by atoms with E-state index < -0.39 is 0 Å². The molecule has 0 unspecified atom stereocenters. The van der Waals surface area contributed by atoms with Crippen molar-refractivity contribution in [3.8, 4) is 0 Å². The molecule has 1 atom stereocenters. The highest BCUT2D eigenvalue weighted by atomic mass is 32.1. The zero-order valence-electron chi connectivity index (χ0n) is 10.0. The average Bonchev–Trinajstić information content (AvgIpc) is 3.01. The molecule has 0 radical (unpaired) electrons. The summed E-state index contributed by atoms with van der Waals surface area (Å²) in [7, 11) is 0. The lowest BCUT2D eigenvalue weighted by molar-refractivity contribution is -0.111. The second kappa shape index (κ2) is 5.48. The number of hydrogen-bond donors (Lipinski definition) is 0.